The van der Waals surface area contributed by atoms with E-state index >= 15 is 0 Å². The monoisotopic (exact) mass is 293 g/mol. The third-order valence-electron chi connectivity index (χ3n) is 1.72. The highest BCUT2D eigenvalue weighted by atomic mass is 79.9. The van der Waals surface area contributed by atoms with Crippen molar-refractivity contribution in [1.29, 1.82) is 0 Å². The van der Waals surface area contributed by atoms with Gasteiger partial charge in [-0.2, -0.15) is 0 Å². The van der Waals surface area contributed by atoms with Gasteiger partial charge in [0.2, 0.25) is 0 Å². The van der Waals surface area contributed by atoms with E-state index in [0.717, 1.165) is 0 Å². The predicted octanol–water partition coefficient (Wildman–Crippen LogP) is 1.34. The normalized spacial score (nSPS) is 11.3. The van der Waals surface area contributed by atoms with Gasteiger partial charge in [-0.15, -0.1) is 0 Å². The summed E-state index contributed by atoms with van der Waals surface area (Å²) in [7, 11) is -3.47. The first kappa shape index (κ1) is 12.1. The van der Waals surface area contributed by atoms with E-state index in [4.69, 9.17) is 5.11 Å². The van der Waals surface area contributed by atoms with Crippen LogP contribution in [-0.4, -0.2) is 30.2 Å². The lowest BCUT2D eigenvalue weighted by molar-refractivity contribution is 0.0688. The number of pyridine rings is 1. The molecule has 0 spiro atoms. The van der Waals surface area contributed by atoms with Crippen LogP contribution in [0.4, 0.5) is 0 Å². The van der Waals surface area contributed by atoms with Gasteiger partial charge in [-0.25, -0.2) is 18.2 Å². The number of nitrogens with zero attached hydrogens (tertiary/aromatic N) is 1. The summed E-state index contributed by atoms with van der Waals surface area (Å²) in [5.74, 6) is -1.38. The molecule has 0 saturated heterocycles. The van der Waals surface area contributed by atoms with E-state index < -0.39 is 15.8 Å². The van der Waals surface area contributed by atoms with Crippen LogP contribution in [0.3, 0.4) is 0 Å². The van der Waals surface area contributed by atoms with Crippen LogP contribution in [0.15, 0.2) is 21.6 Å². The van der Waals surface area contributed by atoms with Crippen molar-refractivity contribution >= 4 is 31.7 Å². The molecule has 0 aliphatic carbocycles. The minimum absolute atomic E-state index is 0.110. The molecule has 7 heteroatoms. The Kier molecular flexibility index (Phi) is 3.46. The maximum atomic E-state index is 11.4. The second kappa shape index (κ2) is 4.28. The molecular formula is C8H8BrNO4S. The molecular weight excluding hydrogens is 286 g/mol. The Morgan fingerprint density at radius 3 is 2.60 bits per heavy atom. The minimum Gasteiger partial charge on any atom is -0.476 e. The molecule has 0 radical (unpaired) electrons. The number of halogens is 1. The fourth-order valence-electron chi connectivity index (χ4n) is 0.895. The molecule has 1 aromatic heterocycles. The van der Waals surface area contributed by atoms with E-state index in [1.165, 1.54) is 19.1 Å². The fraction of sp³-hybridized carbons (Fsp3) is 0.250. The zero-order valence-electron chi connectivity index (χ0n) is 7.77. The number of carboxylic acid groups (broad SMARTS) is 1. The van der Waals surface area contributed by atoms with Gasteiger partial charge in [-0.1, -0.05) is 6.92 Å². The molecule has 0 amide bonds. The first-order chi connectivity index (χ1) is 6.88. The van der Waals surface area contributed by atoms with Crippen molar-refractivity contribution in [3.63, 3.8) is 0 Å². The van der Waals surface area contributed by atoms with Crippen molar-refractivity contribution in [3.05, 3.63) is 22.3 Å². The number of aromatic nitrogens is 1. The van der Waals surface area contributed by atoms with Gasteiger partial charge in [-0.05, 0) is 28.1 Å². The molecule has 0 aromatic carbocycles. The van der Waals surface area contributed by atoms with Crippen molar-refractivity contribution in [2.75, 3.05) is 5.75 Å². The van der Waals surface area contributed by atoms with E-state index in [1.54, 1.807) is 0 Å². The van der Waals surface area contributed by atoms with Crippen LogP contribution in [-0.2, 0) is 9.84 Å². The van der Waals surface area contributed by atoms with E-state index in [9.17, 15) is 13.2 Å². The Balaban J connectivity index is 3.38. The second-order valence-corrected chi connectivity index (χ2v) is 5.77. The summed E-state index contributed by atoms with van der Waals surface area (Å²) in [6.45, 7) is 1.47. The standard InChI is InChI=1S/C8H8BrNO4S/c1-2-15(13,14)6-4-3-5(9)7(10-6)8(11)12/h3-4H,2H2,1H3,(H,11,12). The number of carbonyl (C=O) groups is 1. The lowest BCUT2D eigenvalue weighted by Gasteiger charge is -2.03. The zero-order chi connectivity index (χ0) is 11.6. The van der Waals surface area contributed by atoms with Gasteiger partial charge in [0, 0.05) is 0 Å². The van der Waals surface area contributed by atoms with Gasteiger partial charge in [0.05, 0.1) is 10.2 Å². The van der Waals surface area contributed by atoms with Crippen molar-refractivity contribution in [3.8, 4) is 0 Å². The van der Waals surface area contributed by atoms with Gasteiger partial charge >= 0.3 is 5.97 Å². The molecule has 15 heavy (non-hydrogen) atoms. The first-order valence-corrected chi connectivity index (χ1v) is 6.45. The van der Waals surface area contributed by atoms with Crippen LogP contribution in [0.1, 0.15) is 17.4 Å². The van der Waals surface area contributed by atoms with E-state index in [2.05, 4.69) is 20.9 Å². The lowest BCUT2D eigenvalue weighted by Crippen LogP contribution is -2.10. The van der Waals surface area contributed by atoms with Gasteiger partial charge in [0.25, 0.3) is 0 Å². The molecule has 5 nitrogen and oxygen atoms in total. The van der Waals surface area contributed by atoms with Crippen LogP contribution in [0.2, 0.25) is 0 Å². The Morgan fingerprint density at radius 1 is 1.53 bits per heavy atom. The maximum absolute atomic E-state index is 11.4. The van der Waals surface area contributed by atoms with Crippen LogP contribution in [0, 0.1) is 0 Å². The van der Waals surface area contributed by atoms with Gasteiger partial charge in [0.1, 0.15) is 0 Å². The summed E-state index contributed by atoms with van der Waals surface area (Å²) in [5.41, 5.74) is -0.301. The fourth-order valence-corrected chi connectivity index (χ4v) is 2.09. The highest BCUT2D eigenvalue weighted by molar-refractivity contribution is 9.10. The van der Waals surface area contributed by atoms with E-state index in [1.807, 2.05) is 0 Å². The molecule has 0 unspecified atom stereocenters. The predicted molar refractivity (Wildman–Crippen MR) is 56.6 cm³/mol. The van der Waals surface area contributed by atoms with Crippen molar-refractivity contribution < 1.29 is 18.3 Å². The Hall–Kier alpha value is -0.950. The highest BCUT2D eigenvalue weighted by Crippen LogP contribution is 2.18. The summed E-state index contributed by atoms with van der Waals surface area (Å²) in [4.78, 5) is 14.3. The number of aromatic carboxylic acids is 1. The summed E-state index contributed by atoms with van der Waals surface area (Å²) < 4.78 is 23.1. The summed E-state index contributed by atoms with van der Waals surface area (Å²) >= 11 is 2.98. The number of sulfone groups is 1. The molecule has 0 fully saturated rings. The molecule has 0 aliphatic heterocycles. The van der Waals surface area contributed by atoms with Gasteiger partial charge in [-0.3, -0.25) is 0 Å². The Labute approximate surface area is 95.2 Å². The number of carboxylic acids is 1. The first-order valence-electron chi connectivity index (χ1n) is 4.01. The highest BCUT2D eigenvalue weighted by Gasteiger charge is 2.18. The van der Waals surface area contributed by atoms with Crippen LogP contribution < -0.4 is 0 Å². The molecule has 0 bridgehead atoms. The Morgan fingerprint density at radius 2 is 2.13 bits per heavy atom. The van der Waals surface area contributed by atoms with Gasteiger partial charge < -0.3 is 5.11 Å². The van der Waals surface area contributed by atoms with Crippen LogP contribution >= 0.6 is 15.9 Å². The van der Waals surface area contributed by atoms with E-state index in [-0.39, 0.29) is 20.9 Å². The second-order valence-electron chi connectivity index (χ2n) is 2.69. The Bertz CT molecular complexity index is 497. The quantitative estimate of drug-likeness (QED) is 0.909. The smallest absolute Gasteiger partial charge is 0.355 e. The molecule has 1 N–H and O–H groups in total. The summed E-state index contributed by atoms with van der Waals surface area (Å²) in [6.07, 6.45) is 0. The van der Waals surface area contributed by atoms with E-state index in [0.29, 0.717) is 0 Å². The molecule has 1 heterocycles. The van der Waals surface area contributed by atoms with Gasteiger partial charge in [0.15, 0.2) is 20.6 Å². The number of hydrogen-bond acceptors (Lipinski definition) is 4. The minimum atomic E-state index is -3.47. The lowest BCUT2D eigenvalue weighted by atomic mass is 10.4. The molecule has 0 saturated carbocycles. The third-order valence-corrected chi connectivity index (χ3v) is 3.99. The van der Waals surface area contributed by atoms with Crippen molar-refractivity contribution in [1.82, 2.24) is 4.98 Å². The zero-order valence-corrected chi connectivity index (χ0v) is 10.2. The third kappa shape index (κ3) is 2.54. The molecule has 1 rings (SSSR count). The maximum Gasteiger partial charge on any atom is 0.355 e. The van der Waals surface area contributed by atoms with Crippen LogP contribution in [0.25, 0.3) is 0 Å². The topological polar surface area (TPSA) is 84.3 Å². The average Bonchev–Trinajstić information content (AvgIpc) is 2.17. The number of hydrogen-bond donors (Lipinski definition) is 1. The molecule has 0 atom stereocenters. The SMILES string of the molecule is CCS(=O)(=O)c1ccc(Br)c(C(=O)O)n1. The molecule has 0 aliphatic rings. The average molecular weight is 294 g/mol. The van der Waals surface area contributed by atoms with Crippen molar-refractivity contribution in [2.45, 2.75) is 11.9 Å². The van der Waals surface area contributed by atoms with Crippen molar-refractivity contribution in [2.24, 2.45) is 0 Å². The summed E-state index contributed by atoms with van der Waals surface area (Å²) in [5, 5.41) is 8.52. The number of rotatable bonds is 3. The van der Waals surface area contributed by atoms with Crippen LogP contribution in [0.5, 0.6) is 0 Å². The molecule has 1 aromatic rings. The molecule has 82 valence electrons. The summed E-state index contributed by atoms with van der Waals surface area (Å²) in [6, 6.07) is 2.63. The largest absolute Gasteiger partial charge is 0.476 e.